The molecular formula is C13H16BrN3O2. The van der Waals surface area contributed by atoms with Crippen molar-refractivity contribution in [3.63, 3.8) is 0 Å². The fraction of sp³-hybridized carbons (Fsp3) is 0.385. The first-order valence-corrected chi connectivity index (χ1v) is 6.66. The molecule has 2 rings (SSSR count). The summed E-state index contributed by atoms with van der Waals surface area (Å²) in [6, 6.07) is 5.85. The number of aromatic nitrogens is 2. The van der Waals surface area contributed by atoms with Gasteiger partial charge >= 0.3 is 0 Å². The van der Waals surface area contributed by atoms with Gasteiger partial charge in [0.1, 0.15) is 5.75 Å². The summed E-state index contributed by atoms with van der Waals surface area (Å²) in [6.45, 7) is 5.87. The van der Waals surface area contributed by atoms with Crippen molar-refractivity contribution in [2.75, 3.05) is 0 Å². The lowest BCUT2D eigenvalue weighted by molar-refractivity contribution is 0.240. The normalized spacial score (nSPS) is 11.6. The Bertz CT molecular complexity index is 576. The van der Waals surface area contributed by atoms with Gasteiger partial charge in [-0.05, 0) is 54.4 Å². The standard InChI is InChI=1S/C13H16BrN3O2/c1-8-4-5-10(9(14)6-8)18-7-11-16-12(17-19-11)13(2,3)15/h4-6H,7,15H2,1-3H3. The number of nitrogens with zero attached hydrogens (tertiary/aromatic N) is 2. The molecule has 0 amide bonds. The topological polar surface area (TPSA) is 74.2 Å². The molecule has 0 saturated carbocycles. The van der Waals surface area contributed by atoms with Crippen LogP contribution in [0, 0.1) is 6.92 Å². The highest BCUT2D eigenvalue weighted by Crippen LogP contribution is 2.26. The fourth-order valence-electron chi connectivity index (χ4n) is 1.44. The Morgan fingerprint density at radius 1 is 1.42 bits per heavy atom. The average molecular weight is 326 g/mol. The number of rotatable bonds is 4. The van der Waals surface area contributed by atoms with Gasteiger partial charge in [0, 0.05) is 0 Å². The van der Waals surface area contributed by atoms with Gasteiger partial charge in [-0.1, -0.05) is 11.2 Å². The largest absolute Gasteiger partial charge is 0.483 e. The molecule has 102 valence electrons. The average Bonchev–Trinajstić information content (AvgIpc) is 2.76. The number of nitrogens with two attached hydrogens (primary N) is 1. The maximum Gasteiger partial charge on any atom is 0.264 e. The smallest absolute Gasteiger partial charge is 0.264 e. The van der Waals surface area contributed by atoms with E-state index in [1.165, 1.54) is 0 Å². The van der Waals surface area contributed by atoms with Gasteiger partial charge in [0.05, 0.1) is 10.0 Å². The molecule has 0 aliphatic heterocycles. The van der Waals surface area contributed by atoms with E-state index in [1.54, 1.807) is 0 Å². The minimum absolute atomic E-state index is 0.213. The van der Waals surface area contributed by atoms with Crippen LogP contribution in [-0.4, -0.2) is 10.1 Å². The van der Waals surface area contributed by atoms with Crippen LogP contribution in [-0.2, 0) is 12.1 Å². The minimum atomic E-state index is -0.619. The molecule has 19 heavy (non-hydrogen) atoms. The van der Waals surface area contributed by atoms with Crippen molar-refractivity contribution in [1.29, 1.82) is 0 Å². The van der Waals surface area contributed by atoms with Crippen LogP contribution in [0.5, 0.6) is 5.75 Å². The number of aryl methyl sites for hydroxylation is 1. The van der Waals surface area contributed by atoms with Crippen LogP contribution in [0.4, 0.5) is 0 Å². The van der Waals surface area contributed by atoms with Crippen molar-refractivity contribution in [2.45, 2.75) is 32.9 Å². The molecule has 0 saturated heterocycles. The number of benzene rings is 1. The molecule has 1 heterocycles. The monoisotopic (exact) mass is 325 g/mol. The molecule has 0 aliphatic carbocycles. The van der Waals surface area contributed by atoms with Crippen LogP contribution in [0.1, 0.15) is 31.1 Å². The highest BCUT2D eigenvalue weighted by Gasteiger charge is 2.21. The lowest BCUT2D eigenvalue weighted by atomic mass is 10.1. The highest BCUT2D eigenvalue weighted by molar-refractivity contribution is 9.10. The molecular weight excluding hydrogens is 310 g/mol. The van der Waals surface area contributed by atoms with Crippen molar-refractivity contribution < 1.29 is 9.26 Å². The van der Waals surface area contributed by atoms with Gasteiger partial charge in [0.25, 0.3) is 5.89 Å². The molecule has 6 heteroatoms. The molecule has 0 fully saturated rings. The van der Waals surface area contributed by atoms with E-state index in [-0.39, 0.29) is 6.61 Å². The molecule has 2 aromatic rings. The molecule has 0 aliphatic rings. The van der Waals surface area contributed by atoms with Gasteiger partial charge in [0.2, 0.25) is 0 Å². The van der Waals surface area contributed by atoms with Crippen LogP contribution in [0.2, 0.25) is 0 Å². The molecule has 2 N–H and O–H groups in total. The van der Waals surface area contributed by atoms with Gasteiger partial charge in [-0.2, -0.15) is 4.98 Å². The van der Waals surface area contributed by atoms with Gasteiger partial charge in [-0.15, -0.1) is 0 Å². The SMILES string of the molecule is Cc1ccc(OCc2nc(C(C)(C)N)no2)c(Br)c1. The van der Waals surface area contributed by atoms with Crippen LogP contribution in [0.15, 0.2) is 27.2 Å². The van der Waals surface area contributed by atoms with Crippen LogP contribution >= 0.6 is 15.9 Å². The summed E-state index contributed by atoms with van der Waals surface area (Å²) in [6.07, 6.45) is 0. The van der Waals surface area contributed by atoms with E-state index in [0.717, 1.165) is 15.8 Å². The summed E-state index contributed by atoms with van der Waals surface area (Å²) in [5.41, 5.74) is 6.42. The van der Waals surface area contributed by atoms with E-state index in [0.29, 0.717) is 11.7 Å². The lowest BCUT2D eigenvalue weighted by Gasteiger charge is -2.11. The number of hydrogen-bond acceptors (Lipinski definition) is 5. The first kappa shape index (κ1) is 14.0. The Morgan fingerprint density at radius 3 is 2.74 bits per heavy atom. The number of hydrogen-bond donors (Lipinski definition) is 1. The van der Waals surface area contributed by atoms with Crippen molar-refractivity contribution in [2.24, 2.45) is 5.73 Å². The second kappa shape index (κ2) is 5.30. The van der Waals surface area contributed by atoms with Crippen molar-refractivity contribution in [3.8, 4) is 5.75 Å². The highest BCUT2D eigenvalue weighted by atomic mass is 79.9. The molecule has 0 unspecified atom stereocenters. The number of ether oxygens (including phenoxy) is 1. The molecule has 0 atom stereocenters. The quantitative estimate of drug-likeness (QED) is 0.935. The zero-order valence-electron chi connectivity index (χ0n) is 11.1. The summed E-state index contributed by atoms with van der Waals surface area (Å²) < 4.78 is 11.6. The van der Waals surface area contributed by atoms with Crippen LogP contribution in [0.25, 0.3) is 0 Å². The van der Waals surface area contributed by atoms with E-state index < -0.39 is 5.54 Å². The van der Waals surface area contributed by atoms with Gasteiger partial charge < -0.3 is 15.0 Å². The Kier molecular flexibility index (Phi) is 3.91. The lowest BCUT2D eigenvalue weighted by Crippen LogP contribution is -2.30. The third-order valence-electron chi connectivity index (χ3n) is 2.48. The second-order valence-corrected chi connectivity index (χ2v) is 5.81. The molecule has 5 nitrogen and oxygen atoms in total. The second-order valence-electron chi connectivity index (χ2n) is 4.96. The van der Waals surface area contributed by atoms with Gasteiger partial charge in [-0.25, -0.2) is 0 Å². The summed E-state index contributed by atoms with van der Waals surface area (Å²) in [7, 11) is 0. The summed E-state index contributed by atoms with van der Waals surface area (Å²) >= 11 is 3.45. The third-order valence-corrected chi connectivity index (χ3v) is 3.10. The summed E-state index contributed by atoms with van der Waals surface area (Å²) in [5, 5.41) is 3.83. The Hall–Kier alpha value is -1.40. The van der Waals surface area contributed by atoms with Gasteiger partial charge in [0.15, 0.2) is 12.4 Å². The van der Waals surface area contributed by atoms with E-state index >= 15 is 0 Å². The van der Waals surface area contributed by atoms with E-state index in [9.17, 15) is 0 Å². The first-order valence-electron chi connectivity index (χ1n) is 5.87. The minimum Gasteiger partial charge on any atom is -0.483 e. The molecule has 1 aromatic carbocycles. The van der Waals surface area contributed by atoms with Crippen molar-refractivity contribution in [1.82, 2.24) is 10.1 Å². The zero-order valence-corrected chi connectivity index (χ0v) is 12.7. The maximum absolute atomic E-state index is 5.88. The van der Waals surface area contributed by atoms with E-state index in [1.807, 2.05) is 39.0 Å². The third kappa shape index (κ3) is 3.54. The Balaban J connectivity index is 2.04. The van der Waals surface area contributed by atoms with Crippen molar-refractivity contribution >= 4 is 15.9 Å². The van der Waals surface area contributed by atoms with Crippen LogP contribution < -0.4 is 10.5 Å². The fourth-order valence-corrected chi connectivity index (χ4v) is 2.05. The van der Waals surface area contributed by atoms with Gasteiger partial charge in [-0.3, -0.25) is 0 Å². The molecule has 0 radical (unpaired) electrons. The molecule has 0 bridgehead atoms. The number of halogens is 1. The summed E-state index contributed by atoms with van der Waals surface area (Å²) in [4.78, 5) is 4.20. The zero-order chi connectivity index (χ0) is 14.0. The maximum atomic E-state index is 5.88. The van der Waals surface area contributed by atoms with Crippen LogP contribution in [0.3, 0.4) is 0 Å². The first-order chi connectivity index (χ1) is 8.86. The Labute approximate surface area is 120 Å². The van der Waals surface area contributed by atoms with Crippen molar-refractivity contribution in [3.05, 3.63) is 40.0 Å². The predicted molar refractivity (Wildman–Crippen MR) is 74.7 cm³/mol. The predicted octanol–water partition coefficient (Wildman–Crippen LogP) is 2.91. The van der Waals surface area contributed by atoms with E-state index in [2.05, 4.69) is 26.1 Å². The van der Waals surface area contributed by atoms with E-state index in [4.69, 9.17) is 15.0 Å². The molecule has 1 aromatic heterocycles. The summed E-state index contributed by atoms with van der Waals surface area (Å²) in [5.74, 6) is 1.60. The molecule has 0 spiro atoms. The Morgan fingerprint density at radius 2 is 2.16 bits per heavy atom.